The summed E-state index contributed by atoms with van der Waals surface area (Å²) in [7, 11) is 0. The Bertz CT molecular complexity index is 978. The number of hydrogen-bond acceptors (Lipinski definition) is 5. The van der Waals surface area contributed by atoms with E-state index < -0.39 is 35.6 Å². The molecule has 0 bridgehead atoms. The zero-order valence-electron chi connectivity index (χ0n) is 20.7. The Kier molecular flexibility index (Phi) is 10.1. The van der Waals surface area contributed by atoms with Crippen molar-refractivity contribution in [1.82, 2.24) is 5.32 Å². The molecule has 8 heteroatoms. The Morgan fingerprint density at radius 2 is 1.51 bits per heavy atom. The highest BCUT2D eigenvalue weighted by Crippen LogP contribution is 2.18. The molecular weight excluding hydrogens is 450 g/mol. The third-order valence-electron chi connectivity index (χ3n) is 5.26. The van der Waals surface area contributed by atoms with E-state index in [1.165, 1.54) is 5.56 Å². The molecule has 0 heterocycles. The first-order chi connectivity index (χ1) is 16.4. The van der Waals surface area contributed by atoms with Gasteiger partial charge in [-0.15, -0.1) is 0 Å². The van der Waals surface area contributed by atoms with Crippen LogP contribution in [0.2, 0.25) is 0 Å². The Labute approximate surface area is 206 Å². The minimum absolute atomic E-state index is 0.145. The van der Waals surface area contributed by atoms with Crippen molar-refractivity contribution in [3.63, 3.8) is 0 Å². The number of carbonyl (C=O) groups excluding carboxylic acids is 1. The zero-order chi connectivity index (χ0) is 26.0. The molecule has 0 spiro atoms. The fourth-order valence-electron chi connectivity index (χ4n) is 3.45. The van der Waals surface area contributed by atoms with Gasteiger partial charge in [0.1, 0.15) is 17.4 Å². The lowest BCUT2D eigenvalue weighted by Gasteiger charge is -2.23. The Morgan fingerprint density at radius 1 is 0.914 bits per heavy atom. The molecule has 1 amide bonds. The number of rotatable bonds is 12. The lowest BCUT2D eigenvalue weighted by atomic mass is 9.92. The number of carboxylic acid groups (broad SMARTS) is 2. The van der Waals surface area contributed by atoms with E-state index in [4.69, 9.17) is 9.47 Å². The van der Waals surface area contributed by atoms with Gasteiger partial charge in [-0.05, 0) is 76.6 Å². The van der Waals surface area contributed by atoms with Crippen molar-refractivity contribution in [3.8, 4) is 5.75 Å². The standard InChI is InChI=1S/C27H35NO7/c1-18-7-13-22(14-8-18)34-15-5-6-19-9-11-20(12-10-19)16-21(24(29)30)17-23(25(31)32)28-26(33)35-27(2,3)4/h7-14,21,23H,5-6,15-17H2,1-4H3,(H,28,33)(H,29,30)(H,31,32)/t21-,23+/m0/s1. The summed E-state index contributed by atoms with van der Waals surface area (Å²) >= 11 is 0. The third-order valence-corrected chi connectivity index (χ3v) is 5.26. The molecule has 0 saturated carbocycles. The van der Waals surface area contributed by atoms with Crippen molar-refractivity contribution >= 4 is 18.0 Å². The molecular formula is C27H35NO7. The molecule has 8 nitrogen and oxygen atoms in total. The number of alkyl carbamates (subject to hydrolysis) is 1. The van der Waals surface area contributed by atoms with Crippen LogP contribution in [0.1, 0.15) is 50.3 Å². The number of hydrogen-bond donors (Lipinski definition) is 3. The summed E-state index contributed by atoms with van der Waals surface area (Å²) in [5, 5.41) is 21.4. The number of amides is 1. The number of ether oxygens (including phenoxy) is 2. The fraction of sp³-hybridized carbons (Fsp3) is 0.444. The van der Waals surface area contributed by atoms with E-state index in [1.807, 2.05) is 55.5 Å². The highest BCUT2D eigenvalue weighted by molar-refractivity contribution is 5.81. The Balaban J connectivity index is 1.88. The maximum atomic E-state index is 12.0. The van der Waals surface area contributed by atoms with Crippen LogP contribution in [0.25, 0.3) is 0 Å². The molecule has 3 N–H and O–H groups in total. The quantitative estimate of drug-likeness (QED) is 0.375. The van der Waals surface area contributed by atoms with Crippen LogP contribution < -0.4 is 10.1 Å². The summed E-state index contributed by atoms with van der Waals surface area (Å²) in [6.45, 7) is 7.58. The number of nitrogens with one attached hydrogen (secondary N) is 1. The zero-order valence-corrected chi connectivity index (χ0v) is 20.7. The van der Waals surface area contributed by atoms with Gasteiger partial charge in [-0.2, -0.15) is 0 Å². The predicted octanol–water partition coefficient (Wildman–Crippen LogP) is 4.62. The number of aliphatic carboxylic acids is 2. The average Bonchev–Trinajstić information content (AvgIpc) is 2.76. The molecule has 0 aliphatic carbocycles. The van der Waals surface area contributed by atoms with E-state index in [-0.39, 0.29) is 12.8 Å². The van der Waals surface area contributed by atoms with Gasteiger partial charge in [0.05, 0.1) is 12.5 Å². The highest BCUT2D eigenvalue weighted by atomic mass is 16.6. The lowest BCUT2D eigenvalue weighted by molar-refractivity contribution is -0.144. The van der Waals surface area contributed by atoms with Gasteiger partial charge in [0, 0.05) is 0 Å². The summed E-state index contributed by atoms with van der Waals surface area (Å²) in [4.78, 5) is 35.4. The van der Waals surface area contributed by atoms with Gasteiger partial charge in [-0.25, -0.2) is 9.59 Å². The third kappa shape index (κ3) is 10.5. The second kappa shape index (κ2) is 12.8. The second-order valence-corrected chi connectivity index (χ2v) is 9.59. The van der Waals surface area contributed by atoms with Gasteiger partial charge in [-0.3, -0.25) is 4.79 Å². The van der Waals surface area contributed by atoms with Gasteiger partial charge in [0.25, 0.3) is 0 Å². The van der Waals surface area contributed by atoms with Crippen LogP contribution in [0.5, 0.6) is 5.75 Å². The summed E-state index contributed by atoms with van der Waals surface area (Å²) in [5.74, 6) is -2.59. The molecule has 2 rings (SSSR count). The topological polar surface area (TPSA) is 122 Å². The number of carbonyl (C=O) groups is 3. The molecule has 0 saturated heterocycles. The van der Waals surface area contributed by atoms with Crippen LogP contribution >= 0.6 is 0 Å². The maximum absolute atomic E-state index is 12.0. The Hall–Kier alpha value is -3.55. The van der Waals surface area contributed by atoms with Gasteiger partial charge >= 0.3 is 18.0 Å². The van der Waals surface area contributed by atoms with Crippen LogP contribution in [0.15, 0.2) is 48.5 Å². The minimum atomic E-state index is -1.38. The summed E-state index contributed by atoms with van der Waals surface area (Å²) in [6, 6.07) is 14.1. The van der Waals surface area contributed by atoms with Gasteiger partial charge in [0.15, 0.2) is 0 Å². The van der Waals surface area contributed by atoms with E-state index in [9.17, 15) is 24.6 Å². The van der Waals surface area contributed by atoms with E-state index in [1.54, 1.807) is 20.8 Å². The first kappa shape index (κ1) is 27.7. The molecule has 35 heavy (non-hydrogen) atoms. The normalized spacial score (nSPS) is 12.9. The van der Waals surface area contributed by atoms with Crippen LogP contribution in [-0.4, -0.2) is 46.5 Å². The highest BCUT2D eigenvalue weighted by Gasteiger charge is 2.30. The largest absolute Gasteiger partial charge is 0.494 e. The molecule has 190 valence electrons. The van der Waals surface area contributed by atoms with E-state index in [0.717, 1.165) is 29.7 Å². The first-order valence-electron chi connectivity index (χ1n) is 11.7. The second-order valence-electron chi connectivity index (χ2n) is 9.59. The molecule has 0 aliphatic rings. The number of benzene rings is 2. The monoisotopic (exact) mass is 485 g/mol. The predicted molar refractivity (Wildman–Crippen MR) is 132 cm³/mol. The number of carboxylic acids is 2. The summed E-state index contributed by atoms with van der Waals surface area (Å²) in [6.07, 6.45) is 0.634. The van der Waals surface area contributed by atoms with Crippen molar-refractivity contribution in [2.75, 3.05) is 6.61 Å². The van der Waals surface area contributed by atoms with Gasteiger partial charge in [0.2, 0.25) is 0 Å². The molecule has 2 atom stereocenters. The van der Waals surface area contributed by atoms with Crippen LogP contribution in [0, 0.1) is 12.8 Å². The molecule has 2 aromatic rings. The van der Waals surface area contributed by atoms with Gasteiger partial charge < -0.3 is 25.0 Å². The first-order valence-corrected chi connectivity index (χ1v) is 11.7. The average molecular weight is 486 g/mol. The van der Waals surface area contributed by atoms with Gasteiger partial charge in [-0.1, -0.05) is 42.0 Å². The number of aryl methyl sites for hydroxylation is 2. The molecule has 0 aromatic heterocycles. The smallest absolute Gasteiger partial charge is 0.408 e. The van der Waals surface area contributed by atoms with E-state index >= 15 is 0 Å². The van der Waals surface area contributed by atoms with E-state index in [2.05, 4.69) is 5.32 Å². The molecule has 0 fully saturated rings. The molecule has 0 unspecified atom stereocenters. The lowest BCUT2D eigenvalue weighted by Crippen LogP contribution is -2.45. The Morgan fingerprint density at radius 3 is 2.06 bits per heavy atom. The van der Waals surface area contributed by atoms with Crippen LogP contribution in [-0.2, 0) is 27.2 Å². The SMILES string of the molecule is Cc1ccc(OCCCc2ccc(C[C@@H](C[C@@H](NC(=O)OC(C)(C)C)C(=O)O)C(=O)O)cc2)cc1. The van der Waals surface area contributed by atoms with E-state index in [0.29, 0.717) is 6.61 Å². The van der Waals surface area contributed by atoms with Crippen molar-refractivity contribution in [2.24, 2.45) is 5.92 Å². The minimum Gasteiger partial charge on any atom is -0.494 e. The molecule has 0 radical (unpaired) electrons. The van der Waals surface area contributed by atoms with Crippen molar-refractivity contribution in [3.05, 3.63) is 65.2 Å². The fourth-order valence-corrected chi connectivity index (χ4v) is 3.45. The molecule has 2 aromatic carbocycles. The summed E-state index contributed by atoms with van der Waals surface area (Å²) in [5.41, 5.74) is 2.26. The maximum Gasteiger partial charge on any atom is 0.408 e. The summed E-state index contributed by atoms with van der Waals surface area (Å²) < 4.78 is 10.8. The van der Waals surface area contributed by atoms with Crippen molar-refractivity contribution in [1.29, 1.82) is 0 Å². The van der Waals surface area contributed by atoms with Crippen LogP contribution in [0.4, 0.5) is 4.79 Å². The molecule has 0 aliphatic heterocycles. The van der Waals surface area contributed by atoms with Crippen molar-refractivity contribution < 1.29 is 34.1 Å². The van der Waals surface area contributed by atoms with Crippen LogP contribution in [0.3, 0.4) is 0 Å². The van der Waals surface area contributed by atoms with Crippen molar-refractivity contribution in [2.45, 2.75) is 65.0 Å².